The van der Waals surface area contributed by atoms with Gasteiger partial charge in [-0.2, -0.15) is 0 Å². The maximum Gasteiger partial charge on any atom is 0.0543 e. The largest absolute Gasteiger partial charge is 0.404 e. The SMILES string of the molecule is C/C=C\C(=C/N)C1C=CC(CN(C)[C@H](C)N)=CC1. The van der Waals surface area contributed by atoms with Crippen molar-refractivity contribution < 1.29 is 0 Å². The molecule has 0 spiro atoms. The summed E-state index contributed by atoms with van der Waals surface area (Å²) < 4.78 is 0. The fourth-order valence-corrected chi connectivity index (χ4v) is 1.96. The first kappa shape index (κ1) is 14.7. The topological polar surface area (TPSA) is 55.3 Å². The predicted molar refractivity (Wildman–Crippen MR) is 78.7 cm³/mol. The Morgan fingerprint density at radius 1 is 1.61 bits per heavy atom. The Labute approximate surface area is 111 Å². The number of nitrogens with two attached hydrogens (primary N) is 2. The Morgan fingerprint density at radius 3 is 2.78 bits per heavy atom. The van der Waals surface area contributed by atoms with Crippen molar-refractivity contribution in [3.63, 3.8) is 0 Å². The molecule has 4 N–H and O–H groups in total. The van der Waals surface area contributed by atoms with Crippen LogP contribution >= 0.6 is 0 Å². The summed E-state index contributed by atoms with van der Waals surface area (Å²) in [4.78, 5) is 2.13. The Balaban J connectivity index is 2.59. The van der Waals surface area contributed by atoms with E-state index < -0.39 is 0 Å². The van der Waals surface area contributed by atoms with Crippen LogP contribution in [0.2, 0.25) is 0 Å². The smallest absolute Gasteiger partial charge is 0.0543 e. The van der Waals surface area contributed by atoms with Crippen LogP contribution in [0.25, 0.3) is 0 Å². The van der Waals surface area contributed by atoms with Gasteiger partial charge in [-0.05, 0) is 44.7 Å². The van der Waals surface area contributed by atoms with E-state index in [-0.39, 0.29) is 6.17 Å². The van der Waals surface area contributed by atoms with Gasteiger partial charge in [0, 0.05) is 12.5 Å². The van der Waals surface area contributed by atoms with Crippen LogP contribution in [0.5, 0.6) is 0 Å². The normalized spacial score (nSPS) is 22.6. The first-order valence-corrected chi connectivity index (χ1v) is 6.46. The van der Waals surface area contributed by atoms with Crippen molar-refractivity contribution in [1.29, 1.82) is 0 Å². The molecule has 0 fully saturated rings. The summed E-state index contributed by atoms with van der Waals surface area (Å²) in [6.07, 6.45) is 13.6. The van der Waals surface area contributed by atoms with Crippen molar-refractivity contribution in [2.75, 3.05) is 13.6 Å². The van der Waals surface area contributed by atoms with Crippen LogP contribution in [0, 0.1) is 5.92 Å². The van der Waals surface area contributed by atoms with E-state index in [2.05, 4.69) is 29.2 Å². The van der Waals surface area contributed by atoms with Crippen LogP contribution in [-0.4, -0.2) is 24.7 Å². The van der Waals surface area contributed by atoms with Crippen molar-refractivity contribution in [1.82, 2.24) is 4.90 Å². The van der Waals surface area contributed by atoms with Crippen LogP contribution in [0.1, 0.15) is 20.3 Å². The van der Waals surface area contributed by atoms with Gasteiger partial charge in [0.25, 0.3) is 0 Å². The third-order valence-electron chi connectivity index (χ3n) is 3.28. The Hall–Kier alpha value is -1.32. The highest BCUT2D eigenvalue weighted by Gasteiger charge is 2.13. The van der Waals surface area contributed by atoms with Crippen molar-refractivity contribution in [2.45, 2.75) is 26.4 Å². The highest BCUT2D eigenvalue weighted by atomic mass is 15.2. The second kappa shape index (κ2) is 7.19. The molecule has 1 aliphatic rings. The number of rotatable bonds is 5. The molecule has 0 saturated carbocycles. The number of hydrogen-bond donors (Lipinski definition) is 2. The van der Waals surface area contributed by atoms with Gasteiger partial charge in [-0.25, -0.2) is 0 Å². The minimum atomic E-state index is 0.0829. The number of likely N-dealkylation sites (N-methyl/N-ethyl adjacent to an activating group) is 1. The molecule has 0 radical (unpaired) electrons. The molecule has 0 bridgehead atoms. The van der Waals surface area contributed by atoms with Gasteiger partial charge in [0.2, 0.25) is 0 Å². The van der Waals surface area contributed by atoms with Gasteiger partial charge < -0.3 is 11.5 Å². The lowest BCUT2D eigenvalue weighted by molar-refractivity contribution is 0.286. The zero-order chi connectivity index (χ0) is 13.5. The molecule has 0 amide bonds. The molecule has 0 aliphatic heterocycles. The summed E-state index contributed by atoms with van der Waals surface area (Å²) in [6, 6.07) is 0. The van der Waals surface area contributed by atoms with Gasteiger partial charge >= 0.3 is 0 Å². The Bertz CT molecular complexity index is 375. The van der Waals surface area contributed by atoms with Crippen molar-refractivity contribution in [3.05, 3.63) is 47.7 Å². The van der Waals surface area contributed by atoms with Gasteiger partial charge in [0.15, 0.2) is 0 Å². The van der Waals surface area contributed by atoms with Gasteiger partial charge in [-0.3, -0.25) is 4.90 Å². The lowest BCUT2D eigenvalue weighted by Crippen LogP contribution is -2.37. The maximum atomic E-state index is 5.83. The van der Waals surface area contributed by atoms with Crippen LogP contribution in [0.15, 0.2) is 47.7 Å². The summed E-state index contributed by atoms with van der Waals surface area (Å²) >= 11 is 0. The average Bonchev–Trinajstić information content (AvgIpc) is 2.37. The number of allylic oxidation sites excluding steroid dienone is 5. The molecule has 0 heterocycles. The van der Waals surface area contributed by atoms with Crippen molar-refractivity contribution in [3.8, 4) is 0 Å². The molecule has 100 valence electrons. The highest BCUT2D eigenvalue weighted by Crippen LogP contribution is 2.24. The quantitative estimate of drug-likeness (QED) is 0.578. The molecule has 1 unspecified atom stereocenters. The molecule has 3 heteroatoms. The molecule has 0 aromatic rings. The van der Waals surface area contributed by atoms with Gasteiger partial charge in [-0.15, -0.1) is 0 Å². The zero-order valence-corrected chi connectivity index (χ0v) is 11.6. The number of hydrogen-bond acceptors (Lipinski definition) is 3. The summed E-state index contributed by atoms with van der Waals surface area (Å²) in [5, 5.41) is 0. The lowest BCUT2D eigenvalue weighted by atomic mass is 9.90. The summed E-state index contributed by atoms with van der Waals surface area (Å²) in [7, 11) is 2.04. The third kappa shape index (κ3) is 4.17. The van der Waals surface area contributed by atoms with Crippen molar-refractivity contribution >= 4 is 0 Å². The number of nitrogens with zero attached hydrogens (tertiary/aromatic N) is 1. The lowest BCUT2D eigenvalue weighted by Gasteiger charge is -2.24. The first-order chi connectivity index (χ1) is 8.58. The van der Waals surface area contributed by atoms with E-state index in [9.17, 15) is 0 Å². The van der Waals surface area contributed by atoms with Crippen molar-refractivity contribution in [2.24, 2.45) is 17.4 Å². The van der Waals surface area contributed by atoms with Crippen LogP contribution < -0.4 is 11.5 Å². The van der Waals surface area contributed by atoms with E-state index in [0.717, 1.165) is 13.0 Å². The van der Waals surface area contributed by atoms with E-state index in [1.807, 2.05) is 27.0 Å². The summed E-state index contributed by atoms with van der Waals surface area (Å²) in [5.74, 6) is 0.399. The molecule has 3 nitrogen and oxygen atoms in total. The average molecular weight is 247 g/mol. The zero-order valence-electron chi connectivity index (χ0n) is 11.6. The van der Waals surface area contributed by atoms with E-state index >= 15 is 0 Å². The highest BCUT2D eigenvalue weighted by molar-refractivity contribution is 5.33. The Morgan fingerprint density at radius 2 is 2.33 bits per heavy atom. The van der Waals surface area contributed by atoms with E-state index in [4.69, 9.17) is 11.5 Å². The molecular weight excluding hydrogens is 222 g/mol. The molecule has 1 aliphatic carbocycles. The molecule has 18 heavy (non-hydrogen) atoms. The van der Waals surface area contributed by atoms with E-state index in [1.165, 1.54) is 11.1 Å². The fraction of sp³-hybridized carbons (Fsp3) is 0.467. The standard InChI is InChI=1S/C15H25N3/c1-4-5-15(10-16)14-8-6-13(7-9-14)11-18(3)12(2)17/h4-8,10,12,14H,9,11,16-17H2,1-3H3/b5-4-,15-10+/t12-,14?/m1/s1. The molecular formula is C15H25N3. The molecule has 0 saturated heterocycles. The first-order valence-electron chi connectivity index (χ1n) is 6.46. The Kier molecular flexibility index (Phi) is 5.89. The summed E-state index contributed by atoms with van der Waals surface area (Å²) in [6.45, 7) is 4.90. The third-order valence-corrected chi connectivity index (χ3v) is 3.28. The molecule has 0 aromatic carbocycles. The van der Waals surface area contributed by atoms with Gasteiger partial charge in [-0.1, -0.05) is 30.4 Å². The molecule has 1 rings (SSSR count). The van der Waals surface area contributed by atoms with Crippen LogP contribution in [0.3, 0.4) is 0 Å². The fourth-order valence-electron chi connectivity index (χ4n) is 1.96. The molecule has 0 aromatic heterocycles. The monoisotopic (exact) mass is 247 g/mol. The van der Waals surface area contributed by atoms with Gasteiger partial charge in [0.1, 0.15) is 0 Å². The van der Waals surface area contributed by atoms with Crippen LogP contribution in [0.4, 0.5) is 0 Å². The predicted octanol–water partition coefficient (Wildman–Crippen LogP) is 2.14. The summed E-state index contributed by atoms with van der Waals surface area (Å²) in [5.41, 5.74) is 14.0. The minimum Gasteiger partial charge on any atom is -0.404 e. The maximum absolute atomic E-state index is 5.83. The van der Waals surface area contributed by atoms with Gasteiger partial charge in [0.05, 0.1) is 6.17 Å². The molecule has 2 atom stereocenters. The second-order valence-electron chi connectivity index (χ2n) is 4.80. The van der Waals surface area contributed by atoms with Crippen LogP contribution in [-0.2, 0) is 0 Å². The second-order valence-corrected chi connectivity index (χ2v) is 4.80. The van der Waals surface area contributed by atoms with E-state index in [0.29, 0.717) is 5.92 Å². The minimum absolute atomic E-state index is 0.0829. The van der Waals surface area contributed by atoms with E-state index in [1.54, 1.807) is 6.20 Å².